The number of halogens is 2. The maximum atomic E-state index is 6.07. The molecule has 7 heteroatoms. The molecule has 1 unspecified atom stereocenters. The van der Waals surface area contributed by atoms with Crippen molar-refractivity contribution in [1.29, 1.82) is 0 Å². The van der Waals surface area contributed by atoms with Crippen LogP contribution in [-0.4, -0.2) is 34.7 Å². The van der Waals surface area contributed by atoms with Crippen molar-refractivity contribution in [3.05, 3.63) is 71.1 Å². The Morgan fingerprint density at radius 1 is 1.14 bits per heavy atom. The normalized spacial score (nSPS) is 20.7. The number of nitrogens with two attached hydrogens (primary N) is 1. The average molecular weight is 419 g/mol. The Hall–Kier alpha value is -1.92. The Morgan fingerprint density at radius 3 is 2.54 bits per heavy atom. The number of nitrogens with zero attached hydrogens (tertiary/aromatic N) is 3. The number of hydrogen-bond donors (Lipinski definition) is 1. The fraction of sp³-hybridized carbons (Fsp3) is 0.333. The summed E-state index contributed by atoms with van der Waals surface area (Å²) in [5.74, 6) is 2.07. The minimum Gasteiger partial charge on any atom is -0.337 e. The van der Waals surface area contributed by atoms with Crippen molar-refractivity contribution in [2.45, 2.75) is 18.9 Å². The summed E-state index contributed by atoms with van der Waals surface area (Å²) in [6.45, 7) is 4.64. The van der Waals surface area contributed by atoms with Gasteiger partial charge < -0.3 is 10.3 Å². The predicted molar refractivity (Wildman–Crippen MR) is 114 cm³/mol. The van der Waals surface area contributed by atoms with Gasteiger partial charge >= 0.3 is 0 Å². The molecule has 5 nitrogen and oxygen atoms in total. The molecule has 1 fully saturated rings. The van der Waals surface area contributed by atoms with Gasteiger partial charge in [0.05, 0.1) is 6.04 Å². The van der Waals surface area contributed by atoms with Crippen molar-refractivity contribution in [2.24, 2.45) is 11.7 Å². The summed E-state index contributed by atoms with van der Waals surface area (Å²) >= 11 is 5.95. The van der Waals surface area contributed by atoms with Crippen molar-refractivity contribution < 1.29 is 4.52 Å². The van der Waals surface area contributed by atoms with Gasteiger partial charge in [-0.05, 0) is 49.2 Å². The number of rotatable bonds is 5. The van der Waals surface area contributed by atoms with E-state index in [-0.39, 0.29) is 18.4 Å². The molecule has 0 radical (unpaired) electrons. The first-order chi connectivity index (χ1) is 13.2. The molecule has 1 aliphatic heterocycles. The third kappa shape index (κ3) is 4.23. The summed E-state index contributed by atoms with van der Waals surface area (Å²) in [4.78, 5) is 6.99. The van der Waals surface area contributed by atoms with Gasteiger partial charge in [-0.3, -0.25) is 4.90 Å². The van der Waals surface area contributed by atoms with Crippen LogP contribution < -0.4 is 5.73 Å². The van der Waals surface area contributed by atoms with E-state index >= 15 is 0 Å². The Bertz CT molecular complexity index is 885. The van der Waals surface area contributed by atoms with E-state index in [9.17, 15) is 0 Å². The van der Waals surface area contributed by atoms with Gasteiger partial charge in [-0.25, -0.2) is 0 Å². The van der Waals surface area contributed by atoms with Crippen LogP contribution in [0, 0.1) is 5.92 Å². The molecule has 3 aromatic rings. The zero-order valence-electron chi connectivity index (χ0n) is 15.7. The number of benzene rings is 2. The molecule has 0 spiro atoms. The fourth-order valence-electron chi connectivity index (χ4n) is 3.81. The van der Waals surface area contributed by atoms with E-state index in [2.05, 4.69) is 46.2 Å². The Balaban J connectivity index is 0.00000225. The van der Waals surface area contributed by atoms with Gasteiger partial charge in [0.25, 0.3) is 0 Å². The van der Waals surface area contributed by atoms with Gasteiger partial charge in [0, 0.05) is 29.6 Å². The van der Waals surface area contributed by atoms with Gasteiger partial charge in [0.15, 0.2) is 0 Å². The first-order valence-corrected chi connectivity index (χ1v) is 9.62. The Kier molecular flexibility index (Phi) is 6.73. The molecule has 148 valence electrons. The van der Waals surface area contributed by atoms with Gasteiger partial charge in [-0.1, -0.05) is 47.1 Å². The molecular formula is C21H24Cl2N4O. The molecule has 2 aromatic carbocycles. The Morgan fingerprint density at radius 2 is 1.86 bits per heavy atom. The lowest BCUT2D eigenvalue weighted by molar-refractivity contribution is 0.202. The second-order valence-corrected chi connectivity index (χ2v) is 7.54. The van der Waals surface area contributed by atoms with E-state index in [1.165, 1.54) is 5.56 Å². The number of likely N-dealkylation sites (tertiary alicyclic amines) is 1. The van der Waals surface area contributed by atoms with Gasteiger partial charge in [0.2, 0.25) is 11.7 Å². The van der Waals surface area contributed by atoms with Crippen LogP contribution in [0.4, 0.5) is 0 Å². The highest BCUT2D eigenvalue weighted by atomic mass is 35.5. The zero-order chi connectivity index (χ0) is 18.8. The molecule has 0 bridgehead atoms. The number of aromatic nitrogens is 2. The molecule has 1 aliphatic rings. The van der Waals surface area contributed by atoms with E-state index in [0.717, 1.165) is 18.7 Å². The maximum absolute atomic E-state index is 6.07. The van der Waals surface area contributed by atoms with Gasteiger partial charge in [0.1, 0.15) is 0 Å². The molecule has 0 aliphatic carbocycles. The van der Waals surface area contributed by atoms with Gasteiger partial charge in [-0.15, -0.1) is 12.4 Å². The predicted octanol–water partition coefficient (Wildman–Crippen LogP) is 4.55. The molecule has 2 N–H and O–H groups in total. The highest BCUT2D eigenvalue weighted by Crippen LogP contribution is 2.36. The molecular weight excluding hydrogens is 395 g/mol. The van der Waals surface area contributed by atoms with E-state index < -0.39 is 0 Å². The largest absolute Gasteiger partial charge is 0.337 e. The summed E-state index contributed by atoms with van der Waals surface area (Å²) < 4.78 is 5.57. The van der Waals surface area contributed by atoms with Crippen molar-refractivity contribution in [2.75, 3.05) is 19.6 Å². The van der Waals surface area contributed by atoms with Crippen molar-refractivity contribution in [1.82, 2.24) is 15.0 Å². The van der Waals surface area contributed by atoms with Crippen LogP contribution in [-0.2, 0) is 0 Å². The zero-order valence-corrected chi connectivity index (χ0v) is 17.2. The van der Waals surface area contributed by atoms with Crippen LogP contribution in [0.3, 0.4) is 0 Å². The summed E-state index contributed by atoms with van der Waals surface area (Å²) in [5.41, 5.74) is 8.30. The third-order valence-electron chi connectivity index (χ3n) is 5.45. The summed E-state index contributed by atoms with van der Waals surface area (Å²) in [6.07, 6.45) is 0. The highest BCUT2D eigenvalue weighted by molar-refractivity contribution is 6.30. The molecule has 1 saturated heterocycles. The maximum Gasteiger partial charge on any atom is 0.244 e. The summed E-state index contributed by atoms with van der Waals surface area (Å²) in [5, 5.41) is 4.83. The van der Waals surface area contributed by atoms with Crippen molar-refractivity contribution >= 4 is 24.0 Å². The van der Waals surface area contributed by atoms with Crippen LogP contribution in [0.15, 0.2) is 59.1 Å². The van der Waals surface area contributed by atoms with E-state index in [1.807, 2.05) is 30.3 Å². The molecule has 28 heavy (non-hydrogen) atoms. The smallest absolute Gasteiger partial charge is 0.244 e. The highest BCUT2D eigenvalue weighted by Gasteiger charge is 2.36. The molecule has 0 amide bonds. The lowest BCUT2D eigenvalue weighted by Crippen LogP contribution is -2.26. The van der Waals surface area contributed by atoms with Crippen molar-refractivity contribution in [3.8, 4) is 11.4 Å². The molecule has 4 rings (SSSR count). The second kappa shape index (κ2) is 9.05. The van der Waals surface area contributed by atoms with E-state index in [4.69, 9.17) is 21.9 Å². The summed E-state index contributed by atoms with van der Waals surface area (Å²) in [6, 6.07) is 18.1. The lowest BCUT2D eigenvalue weighted by atomic mass is 9.89. The van der Waals surface area contributed by atoms with E-state index in [0.29, 0.717) is 35.1 Å². The van der Waals surface area contributed by atoms with Crippen LogP contribution in [0.1, 0.15) is 30.3 Å². The average Bonchev–Trinajstić information content (AvgIpc) is 3.36. The summed E-state index contributed by atoms with van der Waals surface area (Å²) in [7, 11) is 0. The lowest BCUT2D eigenvalue weighted by Gasteiger charge is -2.21. The van der Waals surface area contributed by atoms with Crippen LogP contribution in [0.25, 0.3) is 11.4 Å². The van der Waals surface area contributed by atoms with Crippen LogP contribution in [0.2, 0.25) is 5.02 Å². The third-order valence-corrected chi connectivity index (χ3v) is 5.70. The minimum atomic E-state index is 0. The minimum absolute atomic E-state index is 0. The second-order valence-electron chi connectivity index (χ2n) is 7.11. The monoisotopic (exact) mass is 418 g/mol. The molecule has 2 heterocycles. The van der Waals surface area contributed by atoms with Crippen molar-refractivity contribution in [3.63, 3.8) is 0 Å². The SMILES string of the molecule is CC(c1nc(-c2ccc(Cl)cc2)no1)N1C[C@@H](CN)[C@H](c2ccccc2)C1.Cl. The van der Waals surface area contributed by atoms with Gasteiger partial charge in [-0.2, -0.15) is 4.98 Å². The first-order valence-electron chi connectivity index (χ1n) is 9.24. The van der Waals surface area contributed by atoms with Crippen LogP contribution in [0.5, 0.6) is 0 Å². The quantitative estimate of drug-likeness (QED) is 0.657. The first kappa shape index (κ1) is 20.8. The topological polar surface area (TPSA) is 68.2 Å². The van der Waals surface area contributed by atoms with E-state index in [1.54, 1.807) is 0 Å². The Labute approximate surface area is 176 Å². The molecule has 0 saturated carbocycles. The number of hydrogen-bond acceptors (Lipinski definition) is 5. The standard InChI is InChI=1S/C21H23ClN4O.ClH/c1-14(21-24-20(25-27-21)16-7-9-18(22)10-8-16)26-12-17(11-23)19(13-26)15-5-3-2-4-6-15;/h2-10,14,17,19H,11-13,23H2,1H3;1H/t14?,17-,19+;/m1./s1. The van der Waals surface area contributed by atoms with Crippen LogP contribution >= 0.6 is 24.0 Å². The molecule has 3 atom stereocenters. The fourth-order valence-corrected chi connectivity index (χ4v) is 3.94. The molecule has 1 aromatic heterocycles.